The van der Waals surface area contributed by atoms with Gasteiger partial charge in [0.1, 0.15) is 16.8 Å². The van der Waals surface area contributed by atoms with Crippen molar-refractivity contribution in [1.29, 1.82) is 0 Å². The fraction of sp³-hybridized carbons (Fsp3) is 0.429. The lowest BCUT2D eigenvalue weighted by molar-refractivity contribution is -0.140. The topological polar surface area (TPSA) is 104 Å². The maximum Gasteiger partial charge on any atom is 0.321 e. The molecule has 7 nitrogen and oxygen atoms in total. The summed E-state index contributed by atoms with van der Waals surface area (Å²) in [4.78, 5) is 21.5. The second kappa shape index (κ2) is 7.51. The molecule has 1 aromatic rings. The number of carbonyl (C=O) groups excluding carboxylic acids is 1. The van der Waals surface area contributed by atoms with Crippen LogP contribution in [0.1, 0.15) is 19.4 Å². The van der Waals surface area contributed by atoms with Gasteiger partial charge in [-0.05, 0) is 25.5 Å². The summed E-state index contributed by atoms with van der Waals surface area (Å²) in [6.07, 6.45) is 0. The van der Waals surface area contributed by atoms with Crippen LogP contribution in [0, 0.1) is 12.7 Å². The molecule has 1 atom stereocenters. The van der Waals surface area contributed by atoms with E-state index in [1.807, 2.05) is 0 Å². The van der Waals surface area contributed by atoms with Crippen molar-refractivity contribution in [3.05, 3.63) is 29.6 Å². The van der Waals surface area contributed by atoms with E-state index in [4.69, 9.17) is 5.11 Å². The molecular weight excluding hydrogens is 327 g/mol. The molecule has 0 fully saturated rings. The molecule has 0 saturated heterocycles. The lowest BCUT2D eigenvalue weighted by Gasteiger charge is -2.26. The summed E-state index contributed by atoms with van der Waals surface area (Å²) in [6, 6.07) is 2.46. The van der Waals surface area contributed by atoms with E-state index >= 15 is 0 Å². The molecule has 128 valence electrons. The van der Waals surface area contributed by atoms with E-state index < -0.39 is 32.7 Å². The zero-order valence-electron chi connectivity index (χ0n) is 13.0. The van der Waals surface area contributed by atoms with Gasteiger partial charge in [0, 0.05) is 20.0 Å². The van der Waals surface area contributed by atoms with Crippen molar-refractivity contribution < 1.29 is 27.5 Å². The summed E-state index contributed by atoms with van der Waals surface area (Å²) < 4.78 is 40.1. The largest absolute Gasteiger partial charge is 0.480 e. The normalized spacial score (nSPS) is 12.9. The Labute approximate surface area is 134 Å². The van der Waals surface area contributed by atoms with Crippen molar-refractivity contribution in [3.63, 3.8) is 0 Å². The molecule has 1 amide bonds. The highest BCUT2D eigenvalue weighted by Crippen LogP contribution is 2.23. The van der Waals surface area contributed by atoms with Crippen LogP contribution in [0.5, 0.6) is 0 Å². The number of aryl methyl sites for hydroxylation is 1. The monoisotopic (exact) mass is 346 g/mol. The average molecular weight is 346 g/mol. The van der Waals surface area contributed by atoms with Gasteiger partial charge in [-0.25, -0.2) is 12.8 Å². The van der Waals surface area contributed by atoms with Crippen molar-refractivity contribution in [2.75, 3.05) is 13.1 Å². The third kappa shape index (κ3) is 4.49. The molecule has 1 unspecified atom stereocenters. The fourth-order valence-electron chi connectivity index (χ4n) is 1.93. The number of nitrogens with one attached hydrogen (secondary N) is 1. The number of hydrogen-bond acceptors (Lipinski definition) is 4. The molecule has 2 N–H and O–H groups in total. The molecule has 0 aliphatic rings. The van der Waals surface area contributed by atoms with Crippen LogP contribution in [-0.2, 0) is 19.6 Å². The van der Waals surface area contributed by atoms with Gasteiger partial charge in [-0.3, -0.25) is 9.59 Å². The van der Waals surface area contributed by atoms with E-state index in [0.717, 1.165) is 6.07 Å². The third-order valence-corrected chi connectivity index (χ3v) is 5.23. The van der Waals surface area contributed by atoms with Crippen LogP contribution in [0.25, 0.3) is 0 Å². The summed E-state index contributed by atoms with van der Waals surface area (Å²) >= 11 is 0. The molecule has 23 heavy (non-hydrogen) atoms. The van der Waals surface area contributed by atoms with Gasteiger partial charge in [0.15, 0.2) is 0 Å². The Bertz CT molecular complexity index is 705. The molecule has 0 radical (unpaired) electrons. The summed E-state index contributed by atoms with van der Waals surface area (Å²) in [7, 11) is -4.37. The standard InChI is InChI=1S/C14H19FN2O5S/c1-9-5-4-6-12(13(9)15)23(21,22)17(10(2)14(19)20)8-7-16-11(3)18/h4-6,10H,7-8H2,1-3H3,(H,16,18)(H,19,20). The minimum Gasteiger partial charge on any atom is -0.480 e. The first-order chi connectivity index (χ1) is 10.6. The van der Waals surface area contributed by atoms with E-state index in [1.54, 1.807) is 0 Å². The smallest absolute Gasteiger partial charge is 0.321 e. The van der Waals surface area contributed by atoms with Crippen LogP contribution in [0.4, 0.5) is 4.39 Å². The second-order valence-electron chi connectivity index (χ2n) is 5.00. The molecule has 0 saturated carbocycles. The Morgan fingerprint density at radius 2 is 2.00 bits per heavy atom. The predicted octanol–water partition coefficient (Wildman–Crippen LogP) is 0.734. The summed E-state index contributed by atoms with van der Waals surface area (Å²) in [5.74, 6) is -2.67. The Kier molecular flexibility index (Phi) is 6.22. The molecule has 0 aromatic heterocycles. The van der Waals surface area contributed by atoms with Gasteiger partial charge in [0.05, 0.1) is 0 Å². The number of carboxylic acids is 1. The van der Waals surface area contributed by atoms with Gasteiger partial charge in [-0.2, -0.15) is 4.31 Å². The van der Waals surface area contributed by atoms with Crippen molar-refractivity contribution >= 4 is 21.9 Å². The van der Waals surface area contributed by atoms with Crippen LogP contribution >= 0.6 is 0 Å². The Morgan fingerprint density at radius 1 is 1.39 bits per heavy atom. The van der Waals surface area contributed by atoms with Gasteiger partial charge in [0.2, 0.25) is 15.9 Å². The van der Waals surface area contributed by atoms with Crippen molar-refractivity contribution in [3.8, 4) is 0 Å². The number of carboxylic acid groups (broad SMARTS) is 1. The number of benzene rings is 1. The number of nitrogens with zero attached hydrogens (tertiary/aromatic N) is 1. The first-order valence-electron chi connectivity index (χ1n) is 6.83. The molecule has 0 aliphatic heterocycles. The first kappa shape index (κ1) is 19.0. The van der Waals surface area contributed by atoms with E-state index in [9.17, 15) is 22.4 Å². The number of sulfonamides is 1. The van der Waals surface area contributed by atoms with Crippen LogP contribution in [0.3, 0.4) is 0 Å². The highest BCUT2D eigenvalue weighted by Gasteiger charge is 2.34. The number of halogens is 1. The van der Waals surface area contributed by atoms with E-state index in [0.29, 0.717) is 4.31 Å². The zero-order valence-corrected chi connectivity index (χ0v) is 13.9. The van der Waals surface area contributed by atoms with E-state index in [1.165, 1.54) is 32.9 Å². The van der Waals surface area contributed by atoms with Gasteiger partial charge < -0.3 is 10.4 Å². The Morgan fingerprint density at radius 3 is 2.52 bits per heavy atom. The third-order valence-electron chi connectivity index (χ3n) is 3.24. The van der Waals surface area contributed by atoms with Crippen LogP contribution in [-0.4, -0.2) is 48.8 Å². The SMILES string of the molecule is CC(=O)NCCN(C(C)C(=O)O)S(=O)(=O)c1cccc(C)c1F. The summed E-state index contributed by atoms with van der Waals surface area (Å²) in [5.41, 5.74) is 0.135. The van der Waals surface area contributed by atoms with Crippen molar-refractivity contribution in [1.82, 2.24) is 9.62 Å². The number of amides is 1. The van der Waals surface area contributed by atoms with Gasteiger partial charge in [-0.15, -0.1) is 0 Å². The quantitative estimate of drug-likeness (QED) is 0.758. The van der Waals surface area contributed by atoms with Crippen LogP contribution in [0.15, 0.2) is 23.1 Å². The molecule has 0 bridgehead atoms. The number of carbonyl (C=O) groups is 2. The highest BCUT2D eigenvalue weighted by atomic mass is 32.2. The highest BCUT2D eigenvalue weighted by molar-refractivity contribution is 7.89. The molecule has 0 spiro atoms. The molecule has 0 heterocycles. The number of aliphatic carboxylic acids is 1. The predicted molar refractivity (Wildman–Crippen MR) is 80.8 cm³/mol. The zero-order chi connectivity index (χ0) is 17.8. The minimum atomic E-state index is -4.37. The maximum atomic E-state index is 14.1. The molecular formula is C14H19FN2O5S. The van der Waals surface area contributed by atoms with Crippen LogP contribution < -0.4 is 5.32 Å². The lowest BCUT2D eigenvalue weighted by atomic mass is 10.2. The minimum absolute atomic E-state index is 0.0837. The van der Waals surface area contributed by atoms with Crippen molar-refractivity contribution in [2.24, 2.45) is 0 Å². The summed E-state index contributed by atoms with van der Waals surface area (Å²) in [5, 5.41) is 11.5. The van der Waals surface area contributed by atoms with Crippen molar-refractivity contribution in [2.45, 2.75) is 31.7 Å². The fourth-order valence-corrected chi connectivity index (χ4v) is 3.66. The second-order valence-corrected chi connectivity index (χ2v) is 6.86. The molecule has 1 aromatic carbocycles. The van der Waals surface area contributed by atoms with E-state index in [-0.39, 0.29) is 24.6 Å². The van der Waals surface area contributed by atoms with Gasteiger partial charge in [0.25, 0.3) is 0 Å². The lowest BCUT2D eigenvalue weighted by Crippen LogP contribution is -2.46. The van der Waals surface area contributed by atoms with Gasteiger partial charge in [-0.1, -0.05) is 12.1 Å². The Hall–Kier alpha value is -2.00. The Balaban J connectivity index is 3.25. The van der Waals surface area contributed by atoms with Crippen LogP contribution in [0.2, 0.25) is 0 Å². The van der Waals surface area contributed by atoms with Gasteiger partial charge >= 0.3 is 5.97 Å². The number of hydrogen-bond donors (Lipinski definition) is 2. The molecule has 1 rings (SSSR count). The van der Waals surface area contributed by atoms with E-state index in [2.05, 4.69) is 5.32 Å². The number of rotatable bonds is 7. The summed E-state index contributed by atoms with van der Waals surface area (Å²) in [6.45, 7) is 3.47. The maximum absolute atomic E-state index is 14.1. The molecule has 9 heteroatoms. The first-order valence-corrected chi connectivity index (χ1v) is 8.27. The average Bonchev–Trinajstić information content (AvgIpc) is 2.45. The molecule has 0 aliphatic carbocycles.